The number of rotatable bonds is 5. The third-order valence-electron chi connectivity index (χ3n) is 4.91. The van der Waals surface area contributed by atoms with E-state index < -0.39 is 10.0 Å². The maximum atomic E-state index is 12.4. The van der Waals surface area contributed by atoms with Crippen molar-refractivity contribution in [2.24, 2.45) is 11.8 Å². The Hall–Kier alpha value is -0.980. The minimum atomic E-state index is -3.64. The number of halogens is 2. The molecule has 3 atom stereocenters. The predicted octanol–water partition coefficient (Wildman–Crippen LogP) is 3.06. The normalized spacial score (nSPS) is 25.7. The van der Waals surface area contributed by atoms with Crippen LogP contribution in [0.15, 0.2) is 18.2 Å². The minimum Gasteiger partial charge on any atom is -0.352 e. The molecule has 8 heteroatoms. The van der Waals surface area contributed by atoms with Gasteiger partial charge in [-0.25, -0.2) is 8.42 Å². The molecular formula is C16H20Cl2N2O3S. The molecule has 1 aromatic carbocycles. The lowest BCUT2D eigenvalue weighted by molar-refractivity contribution is -0.120. The smallest absolute Gasteiger partial charge is 0.241 e. The molecule has 2 bridgehead atoms. The van der Waals surface area contributed by atoms with Crippen molar-refractivity contribution < 1.29 is 13.2 Å². The van der Waals surface area contributed by atoms with Crippen molar-refractivity contribution in [1.29, 1.82) is 0 Å². The molecule has 2 aliphatic carbocycles. The fraction of sp³-hybridized carbons (Fsp3) is 0.562. The number of amides is 1. The minimum absolute atomic E-state index is 0.167. The van der Waals surface area contributed by atoms with E-state index in [1.807, 2.05) is 0 Å². The van der Waals surface area contributed by atoms with Crippen LogP contribution in [0.25, 0.3) is 0 Å². The van der Waals surface area contributed by atoms with Crippen molar-refractivity contribution in [3.63, 3.8) is 0 Å². The summed E-state index contributed by atoms with van der Waals surface area (Å²) in [6.45, 7) is -0.274. The van der Waals surface area contributed by atoms with Crippen LogP contribution in [0.5, 0.6) is 0 Å². The fourth-order valence-electron chi connectivity index (χ4n) is 3.89. The third-order valence-corrected chi connectivity index (χ3v) is 6.48. The maximum absolute atomic E-state index is 12.4. The van der Waals surface area contributed by atoms with Gasteiger partial charge in [-0.2, -0.15) is 0 Å². The summed E-state index contributed by atoms with van der Waals surface area (Å²) in [5.74, 6) is 0.943. The Labute approximate surface area is 152 Å². The number of hydrogen-bond acceptors (Lipinski definition) is 3. The number of nitrogens with zero attached hydrogens (tertiary/aromatic N) is 1. The molecule has 1 aromatic rings. The number of nitrogens with one attached hydrogen (secondary N) is 1. The molecule has 0 unspecified atom stereocenters. The molecule has 0 radical (unpaired) electrons. The quantitative estimate of drug-likeness (QED) is 0.839. The molecular weight excluding hydrogens is 371 g/mol. The summed E-state index contributed by atoms with van der Waals surface area (Å²) in [6, 6.07) is 4.65. The van der Waals surface area contributed by atoms with Gasteiger partial charge in [-0.3, -0.25) is 9.10 Å². The van der Waals surface area contributed by atoms with Gasteiger partial charge in [0, 0.05) is 16.1 Å². The first-order chi connectivity index (χ1) is 11.2. The highest BCUT2D eigenvalue weighted by Gasteiger charge is 2.40. The lowest BCUT2D eigenvalue weighted by atomic mass is 9.95. The highest BCUT2D eigenvalue weighted by atomic mass is 35.5. The number of hydrogen-bond donors (Lipinski definition) is 1. The number of carbonyl (C=O) groups is 1. The molecule has 3 rings (SSSR count). The Bertz CT molecular complexity index is 733. The zero-order valence-electron chi connectivity index (χ0n) is 13.3. The average Bonchev–Trinajstić information content (AvgIpc) is 3.04. The summed E-state index contributed by atoms with van der Waals surface area (Å²) in [5.41, 5.74) is 0.290. The highest BCUT2D eigenvalue weighted by Crippen LogP contribution is 2.44. The molecule has 2 saturated carbocycles. The first-order valence-electron chi connectivity index (χ1n) is 7.95. The van der Waals surface area contributed by atoms with Crippen LogP contribution >= 0.6 is 23.2 Å². The average molecular weight is 391 g/mol. The first-order valence-corrected chi connectivity index (χ1v) is 10.6. The van der Waals surface area contributed by atoms with Gasteiger partial charge in [-0.05, 0) is 49.3 Å². The second-order valence-corrected chi connectivity index (χ2v) is 9.53. The summed E-state index contributed by atoms with van der Waals surface area (Å²) in [5, 5.41) is 3.64. The lowest BCUT2D eigenvalue weighted by Gasteiger charge is -2.26. The van der Waals surface area contributed by atoms with Crippen LogP contribution in [-0.2, 0) is 14.8 Å². The zero-order valence-corrected chi connectivity index (χ0v) is 15.7. The second-order valence-electron chi connectivity index (χ2n) is 6.75. The lowest BCUT2D eigenvalue weighted by Crippen LogP contribution is -2.45. The molecule has 0 aliphatic heterocycles. The van der Waals surface area contributed by atoms with Crippen molar-refractivity contribution in [3.8, 4) is 0 Å². The Balaban J connectivity index is 1.74. The van der Waals surface area contributed by atoms with E-state index in [9.17, 15) is 13.2 Å². The first kappa shape index (κ1) is 17.8. The molecule has 24 heavy (non-hydrogen) atoms. The summed E-state index contributed by atoms with van der Waals surface area (Å²) >= 11 is 11.9. The van der Waals surface area contributed by atoms with Crippen LogP contribution in [0.3, 0.4) is 0 Å². The van der Waals surface area contributed by atoms with Gasteiger partial charge in [0.25, 0.3) is 0 Å². The number of benzene rings is 1. The largest absolute Gasteiger partial charge is 0.352 e. The van der Waals surface area contributed by atoms with Crippen LogP contribution in [-0.4, -0.2) is 33.2 Å². The number of sulfonamides is 1. The Morgan fingerprint density at radius 3 is 2.38 bits per heavy atom. The fourth-order valence-corrected chi connectivity index (χ4v) is 5.24. The van der Waals surface area contributed by atoms with Gasteiger partial charge in [0.2, 0.25) is 15.9 Å². The van der Waals surface area contributed by atoms with Gasteiger partial charge in [0.05, 0.1) is 11.9 Å². The van der Waals surface area contributed by atoms with Gasteiger partial charge < -0.3 is 5.32 Å². The van der Waals surface area contributed by atoms with E-state index in [1.165, 1.54) is 31.0 Å². The standard InChI is InChI=1S/C16H20Cl2N2O3S/c1-24(22,23)20(14-7-12(17)6-13(18)8-14)9-16(21)19-15-5-10-2-3-11(15)4-10/h6-8,10-11,15H,2-5,9H2,1H3,(H,19,21)/t10-,11-,15+/m0/s1. The number of fused-ring (bicyclic) bond motifs is 2. The Morgan fingerprint density at radius 2 is 1.88 bits per heavy atom. The third kappa shape index (κ3) is 3.98. The molecule has 1 amide bonds. The second kappa shape index (κ2) is 6.73. The van der Waals surface area contributed by atoms with Crippen molar-refractivity contribution in [2.45, 2.75) is 31.7 Å². The summed E-state index contributed by atoms with van der Waals surface area (Å²) in [7, 11) is -3.64. The van der Waals surface area contributed by atoms with Crippen LogP contribution in [0.1, 0.15) is 25.7 Å². The summed E-state index contributed by atoms with van der Waals surface area (Å²) < 4.78 is 25.3. The highest BCUT2D eigenvalue weighted by molar-refractivity contribution is 7.92. The molecule has 0 heterocycles. The zero-order chi connectivity index (χ0) is 17.5. The van der Waals surface area contributed by atoms with Gasteiger partial charge >= 0.3 is 0 Å². The monoisotopic (exact) mass is 390 g/mol. The van der Waals surface area contributed by atoms with E-state index in [0.29, 0.717) is 21.9 Å². The molecule has 5 nitrogen and oxygen atoms in total. The number of carbonyl (C=O) groups excluding carboxylic acids is 1. The van der Waals surface area contributed by atoms with Crippen LogP contribution < -0.4 is 9.62 Å². The van der Waals surface area contributed by atoms with Crippen LogP contribution in [0.4, 0.5) is 5.69 Å². The Morgan fingerprint density at radius 1 is 1.21 bits per heavy atom. The molecule has 0 aromatic heterocycles. The van der Waals surface area contributed by atoms with E-state index in [0.717, 1.165) is 23.4 Å². The van der Waals surface area contributed by atoms with Crippen molar-refractivity contribution in [3.05, 3.63) is 28.2 Å². The SMILES string of the molecule is CS(=O)(=O)N(CC(=O)N[C@@H]1C[C@H]2CC[C@H]1C2)c1cc(Cl)cc(Cl)c1. The predicted molar refractivity (Wildman–Crippen MR) is 96.0 cm³/mol. The Kier molecular flexibility index (Phi) is 5.00. The van der Waals surface area contributed by atoms with Gasteiger partial charge in [-0.15, -0.1) is 0 Å². The van der Waals surface area contributed by atoms with Gasteiger partial charge in [0.1, 0.15) is 6.54 Å². The molecule has 1 N–H and O–H groups in total. The van der Waals surface area contributed by atoms with Crippen LogP contribution in [0, 0.1) is 11.8 Å². The topological polar surface area (TPSA) is 66.5 Å². The van der Waals surface area contributed by atoms with Crippen LogP contribution in [0.2, 0.25) is 10.0 Å². The molecule has 0 saturated heterocycles. The van der Waals surface area contributed by atoms with E-state index in [-0.39, 0.29) is 24.2 Å². The van der Waals surface area contributed by atoms with Crippen molar-refractivity contribution in [1.82, 2.24) is 5.32 Å². The molecule has 0 spiro atoms. The molecule has 132 valence electrons. The maximum Gasteiger partial charge on any atom is 0.241 e. The van der Waals surface area contributed by atoms with Crippen molar-refractivity contribution in [2.75, 3.05) is 17.1 Å². The molecule has 2 aliphatic rings. The molecule has 2 fully saturated rings. The van der Waals surface area contributed by atoms with E-state index in [2.05, 4.69) is 5.32 Å². The summed E-state index contributed by atoms with van der Waals surface area (Å²) in [4.78, 5) is 12.4. The van der Waals surface area contributed by atoms with E-state index in [1.54, 1.807) is 0 Å². The number of anilines is 1. The van der Waals surface area contributed by atoms with Crippen molar-refractivity contribution >= 4 is 44.8 Å². The van der Waals surface area contributed by atoms with Gasteiger partial charge in [0.15, 0.2) is 0 Å². The van der Waals surface area contributed by atoms with Gasteiger partial charge in [-0.1, -0.05) is 29.6 Å². The van der Waals surface area contributed by atoms with E-state index in [4.69, 9.17) is 23.2 Å². The van der Waals surface area contributed by atoms with E-state index >= 15 is 0 Å². The summed E-state index contributed by atoms with van der Waals surface area (Å²) in [6.07, 6.45) is 5.62.